The Bertz CT molecular complexity index is 385. The third kappa shape index (κ3) is 4.29. The Balaban J connectivity index is 1.87. The van der Waals surface area contributed by atoms with Crippen molar-refractivity contribution in [2.75, 3.05) is 20.6 Å². The number of likely N-dealkylation sites (N-methyl/N-ethyl adjacent to an activating group) is 2. The molecule has 1 aliphatic carbocycles. The molecule has 0 amide bonds. The van der Waals surface area contributed by atoms with Gasteiger partial charge < -0.3 is 5.32 Å². The molecule has 1 saturated carbocycles. The monoisotopic (exact) mass is 261 g/mol. The van der Waals surface area contributed by atoms with Crippen LogP contribution in [-0.2, 0) is 6.54 Å². The maximum absolute atomic E-state index is 4.58. The molecule has 0 spiro atoms. The molecule has 1 aromatic heterocycles. The summed E-state index contributed by atoms with van der Waals surface area (Å²) in [5.41, 5.74) is 2.27. The number of aryl methyl sites for hydroxylation is 1. The number of nitrogens with one attached hydrogen (secondary N) is 1. The molecule has 0 radical (unpaired) electrons. The second-order valence-corrected chi connectivity index (χ2v) is 5.91. The zero-order chi connectivity index (χ0) is 13.7. The lowest BCUT2D eigenvalue weighted by molar-refractivity contribution is 0.241. The van der Waals surface area contributed by atoms with E-state index in [9.17, 15) is 0 Å². The van der Waals surface area contributed by atoms with E-state index in [1.807, 2.05) is 0 Å². The molecular weight excluding hydrogens is 234 g/mol. The van der Waals surface area contributed by atoms with Crippen LogP contribution in [0.1, 0.15) is 37.1 Å². The summed E-state index contributed by atoms with van der Waals surface area (Å²) in [7, 11) is 4.30. The molecule has 2 rings (SSSR count). The Kier molecular flexibility index (Phi) is 5.34. The summed E-state index contributed by atoms with van der Waals surface area (Å²) in [5.74, 6) is 0.859. The van der Waals surface area contributed by atoms with Crippen LogP contribution in [0, 0.1) is 12.8 Å². The lowest BCUT2D eigenvalue weighted by Gasteiger charge is -2.28. The largest absolute Gasteiger partial charge is 0.315 e. The van der Waals surface area contributed by atoms with E-state index in [2.05, 4.69) is 54.4 Å². The maximum Gasteiger partial charge on any atom is 0.0547 e. The van der Waals surface area contributed by atoms with Crippen molar-refractivity contribution in [2.45, 2.75) is 45.2 Å². The van der Waals surface area contributed by atoms with Gasteiger partial charge in [-0.2, -0.15) is 0 Å². The first-order valence-electron chi connectivity index (χ1n) is 7.47. The van der Waals surface area contributed by atoms with Crippen LogP contribution in [-0.4, -0.2) is 36.6 Å². The molecule has 1 fully saturated rings. The van der Waals surface area contributed by atoms with Crippen molar-refractivity contribution < 1.29 is 0 Å². The smallest absolute Gasteiger partial charge is 0.0547 e. The van der Waals surface area contributed by atoms with Gasteiger partial charge in [-0.1, -0.05) is 18.9 Å². The van der Waals surface area contributed by atoms with Gasteiger partial charge in [0, 0.05) is 24.8 Å². The SMILES string of the molecule is CNC(CN(C)Cc1cccc(C)n1)C1CCCC1. The van der Waals surface area contributed by atoms with Crippen molar-refractivity contribution in [1.29, 1.82) is 0 Å². The van der Waals surface area contributed by atoms with Gasteiger partial charge in [-0.25, -0.2) is 0 Å². The van der Waals surface area contributed by atoms with Gasteiger partial charge in [0.1, 0.15) is 0 Å². The van der Waals surface area contributed by atoms with Crippen LogP contribution < -0.4 is 5.32 Å². The molecule has 3 nitrogen and oxygen atoms in total. The predicted octanol–water partition coefficient (Wildman–Crippen LogP) is 2.60. The quantitative estimate of drug-likeness (QED) is 0.853. The van der Waals surface area contributed by atoms with Gasteiger partial charge in [0.15, 0.2) is 0 Å². The van der Waals surface area contributed by atoms with Crippen LogP contribution in [0.4, 0.5) is 0 Å². The minimum atomic E-state index is 0.623. The predicted molar refractivity (Wildman–Crippen MR) is 80.1 cm³/mol. The van der Waals surface area contributed by atoms with Crippen molar-refractivity contribution in [3.05, 3.63) is 29.6 Å². The third-order valence-electron chi connectivity index (χ3n) is 4.23. The second-order valence-electron chi connectivity index (χ2n) is 5.91. The topological polar surface area (TPSA) is 28.2 Å². The Labute approximate surface area is 117 Å². The number of aromatic nitrogens is 1. The van der Waals surface area contributed by atoms with E-state index >= 15 is 0 Å². The maximum atomic E-state index is 4.58. The zero-order valence-corrected chi connectivity index (χ0v) is 12.5. The van der Waals surface area contributed by atoms with Gasteiger partial charge in [-0.3, -0.25) is 9.88 Å². The Morgan fingerprint density at radius 3 is 2.74 bits per heavy atom. The van der Waals surface area contributed by atoms with E-state index < -0.39 is 0 Å². The van der Waals surface area contributed by atoms with Crippen LogP contribution in [0.25, 0.3) is 0 Å². The molecule has 106 valence electrons. The molecule has 0 aliphatic heterocycles. The summed E-state index contributed by atoms with van der Waals surface area (Å²) in [5, 5.41) is 3.51. The normalized spacial score (nSPS) is 18.1. The number of pyridine rings is 1. The number of hydrogen-bond acceptors (Lipinski definition) is 3. The summed E-state index contributed by atoms with van der Waals surface area (Å²) in [6.07, 6.45) is 5.60. The van der Waals surface area contributed by atoms with Crippen LogP contribution in [0.15, 0.2) is 18.2 Å². The molecule has 1 heterocycles. The van der Waals surface area contributed by atoms with E-state index in [0.29, 0.717) is 6.04 Å². The standard InChI is InChI=1S/C16H27N3/c1-13-7-6-10-15(18-13)11-19(3)12-16(17-2)14-8-4-5-9-14/h6-7,10,14,16-17H,4-5,8-9,11-12H2,1-3H3. The third-order valence-corrected chi connectivity index (χ3v) is 4.23. The first-order chi connectivity index (χ1) is 9.19. The molecule has 3 heteroatoms. The van der Waals surface area contributed by atoms with E-state index in [-0.39, 0.29) is 0 Å². The summed E-state index contributed by atoms with van der Waals surface area (Å²) in [6.45, 7) is 4.10. The van der Waals surface area contributed by atoms with Gasteiger partial charge in [0.25, 0.3) is 0 Å². The van der Waals surface area contributed by atoms with Crippen molar-refractivity contribution in [3.8, 4) is 0 Å². The van der Waals surface area contributed by atoms with E-state index in [1.54, 1.807) is 0 Å². The molecule has 0 saturated heterocycles. The molecule has 19 heavy (non-hydrogen) atoms. The lowest BCUT2D eigenvalue weighted by Crippen LogP contribution is -2.42. The van der Waals surface area contributed by atoms with Crippen LogP contribution in [0.3, 0.4) is 0 Å². The Morgan fingerprint density at radius 2 is 2.11 bits per heavy atom. The highest BCUT2D eigenvalue weighted by atomic mass is 15.1. The van der Waals surface area contributed by atoms with Crippen molar-refractivity contribution in [3.63, 3.8) is 0 Å². The number of rotatable bonds is 6. The van der Waals surface area contributed by atoms with Crippen LogP contribution in [0.2, 0.25) is 0 Å². The fourth-order valence-corrected chi connectivity index (χ4v) is 3.20. The Morgan fingerprint density at radius 1 is 1.37 bits per heavy atom. The summed E-state index contributed by atoms with van der Waals surface area (Å²) < 4.78 is 0. The van der Waals surface area contributed by atoms with Gasteiger partial charge in [0.05, 0.1) is 5.69 Å². The minimum Gasteiger partial charge on any atom is -0.315 e. The van der Waals surface area contributed by atoms with E-state index in [4.69, 9.17) is 0 Å². The number of hydrogen-bond donors (Lipinski definition) is 1. The van der Waals surface area contributed by atoms with Crippen molar-refractivity contribution >= 4 is 0 Å². The first kappa shape index (κ1) is 14.5. The second kappa shape index (κ2) is 7.01. The zero-order valence-electron chi connectivity index (χ0n) is 12.5. The highest BCUT2D eigenvalue weighted by Crippen LogP contribution is 2.28. The van der Waals surface area contributed by atoms with Gasteiger partial charge in [-0.05, 0) is 51.9 Å². The fraction of sp³-hybridized carbons (Fsp3) is 0.688. The van der Waals surface area contributed by atoms with Crippen molar-refractivity contribution in [2.24, 2.45) is 5.92 Å². The summed E-state index contributed by atoms with van der Waals surface area (Å²) in [4.78, 5) is 6.97. The lowest BCUT2D eigenvalue weighted by atomic mass is 9.98. The molecule has 1 aromatic rings. The average molecular weight is 261 g/mol. The molecular formula is C16H27N3. The van der Waals surface area contributed by atoms with Crippen LogP contribution in [0.5, 0.6) is 0 Å². The molecule has 1 unspecified atom stereocenters. The molecule has 1 atom stereocenters. The summed E-state index contributed by atoms with van der Waals surface area (Å²) in [6, 6.07) is 6.89. The Hall–Kier alpha value is -0.930. The highest BCUT2D eigenvalue weighted by molar-refractivity contribution is 5.09. The van der Waals surface area contributed by atoms with Gasteiger partial charge in [-0.15, -0.1) is 0 Å². The van der Waals surface area contributed by atoms with Crippen LogP contribution >= 0.6 is 0 Å². The minimum absolute atomic E-state index is 0.623. The molecule has 1 aliphatic rings. The van der Waals surface area contributed by atoms with Crippen molar-refractivity contribution in [1.82, 2.24) is 15.2 Å². The average Bonchev–Trinajstić information content (AvgIpc) is 2.89. The first-order valence-corrected chi connectivity index (χ1v) is 7.47. The molecule has 1 N–H and O–H groups in total. The fourth-order valence-electron chi connectivity index (χ4n) is 3.20. The number of nitrogens with zero attached hydrogens (tertiary/aromatic N) is 2. The molecule has 0 bridgehead atoms. The van der Waals surface area contributed by atoms with E-state index in [0.717, 1.165) is 24.7 Å². The molecule has 0 aromatic carbocycles. The highest BCUT2D eigenvalue weighted by Gasteiger charge is 2.24. The van der Waals surface area contributed by atoms with Gasteiger partial charge >= 0.3 is 0 Å². The summed E-state index contributed by atoms with van der Waals surface area (Å²) >= 11 is 0. The van der Waals surface area contributed by atoms with Gasteiger partial charge in [0.2, 0.25) is 0 Å². The van der Waals surface area contributed by atoms with E-state index in [1.165, 1.54) is 31.4 Å².